The van der Waals surface area contributed by atoms with Crippen molar-refractivity contribution in [2.75, 3.05) is 0 Å². The van der Waals surface area contributed by atoms with Crippen LogP contribution in [0.15, 0.2) is 36.4 Å². The van der Waals surface area contributed by atoms with Gasteiger partial charge in [-0.3, -0.25) is 10.1 Å². The Balaban J connectivity index is 2.36. The van der Waals surface area contributed by atoms with Gasteiger partial charge in [0.05, 0.1) is 4.92 Å². The summed E-state index contributed by atoms with van der Waals surface area (Å²) in [5.74, 6) is 11.8. The summed E-state index contributed by atoms with van der Waals surface area (Å²) in [6, 6.07) is 6.17. The fourth-order valence-electron chi connectivity index (χ4n) is 1.65. The predicted molar refractivity (Wildman–Crippen MR) is 85.6 cm³/mol. The van der Waals surface area contributed by atoms with Crippen molar-refractivity contribution in [1.29, 1.82) is 0 Å². The number of rotatable bonds is 5. The fourth-order valence-corrected chi connectivity index (χ4v) is 1.65. The molecule has 0 N–H and O–H groups in total. The largest absolute Gasteiger partial charge is 0.269 e. The Morgan fingerprint density at radius 3 is 2.48 bits per heavy atom. The normalized spacial score (nSPS) is 9.57. The Morgan fingerprint density at radius 1 is 1.10 bits per heavy atom. The van der Waals surface area contributed by atoms with Gasteiger partial charge in [0, 0.05) is 24.1 Å². The lowest BCUT2D eigenvalue weighted by Gasteiger charge is -1.91. The predicted octanol–water partition coefficient (Wildman–Crippen LogP) is 4.48. The number of allylic oxidation sites excluding steroid dienone is 2. The number of hydrogen-bond acceptors (Lipinski definition) is 2. The van der Waals surface area contributed by atoms with Gasteiger partial charge in [-0.05, 0) is 30.7 Å². The van der Waals surface area contributed by atoms with Gasteiger partial charge in [0.25, 0.3) is 5.69 Å². The van der Waals surface area contributed by atoms with Crippen molar-refractivity contribution >= 4 is 5.69 Å². The van der Waals surface area contributed by atoms with E-state index in [2.05, 4.69) is 30.6 Å². The lowest BCUT2D eigenvalue weighted by Crippen LogP contribution is -1.86. The molecule has 0 heterocycles. The summed E-state index contributed by atoms with van der Waals surface area (Å²) in [7, 11) is 0. The maximum atomic E-state index is 10.5. The van der Waals surface area contributed by atoms with E-state index >= 15 is 0 Å². The summed E-state index contributed by atoms with van der Waals surface area (Å²) in [5, 5.41) is 10.5. The van der Waals surface area contributed by atoms with E-state index in [4.69, 9.17) is 0 Å². The third-order valence-electron chi connectivity index (χ3n) is 2.80. The van der Waals surface area contributed by atoms with E-state index in [0.29, 0.717) is 0 Å². The zero-order chi connectivity index (χ0) is 15.3. The Kier molecular flexibility index (Phi) is 8.10. The van der Waals surface area contributed by atoms with E-state index < -0.39 is 4.92 Å². The molecule has 21 heavy (non-hydrogen) atoms. The van der Waals surface area contributed by atoms with Gasteiger partial charge in [-0.25, -0.2) is 0 Å². The van der Waals surface area contributed by atoms with Gasteiger partial charge in [-0.15, -0.1) is 0 Å². The molecule has 0 saturated carbocycles. The minimum atomic E-state index is -0.423. The zero-order valence-electron chi connectivity index (χ0n) is 12.3. The molecule has 0 spiro atoms. The molecular weight excluding hydrogens is 262 g/mol. The molecule has 0 aliphatic rings. The molecule has 1 aromatic rings. The Hall–Kier alpha value is -2.52. The summed E-state index contributed by atoms with van der Waals surface area (Å²) < 4.78 is 0. The molecule has 3 heteroatoms. The molecule has 0 bridgehead atoms. The van der Waals surface area contributed by atoms with Crippen molar-refractivity contribution < 1.29 is 4.92 Å². The molecule has 0 fully saturated rings. The first-order valence-corrected chi connectivity index (χ1v) is 7.13. The summed E-state index contributed by atoms with van der Waals surface area (Å²) in [6.45, 7) is 2.19. The summed E-state index contributed by atoms with van der Waals surface area (Å²) in [5.41, 5.74) is 0.822. The zero-order valence-corrected chi connectivity index (χ0v) is 12.3. The molecule has 0 radical (unpaired) electrons. The molecule has 3 nitrogen and oxygen atoms in total. The topological polar surface area (TPSA) is 43.1 Å². The minimum Gasteiger partial charge on any atom is -0.258 e. The van der Waals surface area contributed by atoms with Crippen LogP contribution in [0.5, 0.6) is 0 Å². The summed E-state index contributed by atoms with van der Waals surface area (Å²) >= 11 is 0. The van der Waals surface area contributed by atoms with Crippen LogP contribution in [0.1, 0.15) is 44.6 Å². The first kappa shape index (κ1) is 16.5. The van der Waals surface area contributed by atoms with Crippen LogP contribution in [0.2, 0.25) is 0 Å². The lowest BCUT2D eigenvalue weighted by molar-refractivity contribution is -0.384. The van der Waals surface area contributed by atoms with E-state index in [-0.39, 0.29) is 5.69 Å². The van der Waals surface area contributed by atoms with Crippen molar-refractivity contribution in [2.45, 2.75) is 39.0 Å². The fraction of sp³-hybridized carbons (Fsp3) is 0.333. The van der Waals surface area contributed by atoms with Crippen LogP contribution in [0.25, 0.3) is 0 Å². The van der Waals surface area contributed by atoms with E-state index in [0.717, 1.165) is 18.4 Å². The highest BCUT2D eigenvalue weighted by Gasteiger charge is 2.01. The summed E-state index contributed by atoms with van der Waals surface area (Å²) in [6.07, 6.45) is 9.28. The number of non-ortho nitro benzene ring substituents is 1. The Labute approximate surface area is 126 Å². The van der Waals surface area contributed by atoms with Crippen LogP contribution in [0, 0.1) is 33.8 Å². The maximum Gasteiger partial charge on any atom is 0.269 e. The molecule has 0 aliphatic heterocycles. The molecule has 0 aromatic heterocycles. The quantitative estimate of drug-likeness (QED) is 0.346. The van der Waals surface area contributed by atoms with E-state index in [9.17, 15) is 10.1 Å². The number of nitro benzene ring substituents is 1. The first-order valence-electron chi connectivity index (χ1n) is 7.13. The van der Waals surface area contributed by atoms with Gasteiger partial charge < -0.3 is 0 Å². The van der Waals surface area contributed by atoms with Gasteiger partial charge in [-0.1, -0.05) is 49.9 Å². The first-order chi connectivity index (χ1) is 10.2. The number of unbranched alkanes of at least 4 members (excludes halogenated alkanes) is 4. The highest BCUT2D eigenvalue weighted by molar-refractivity contribution is 5.42. The van der Waals surface area contributed by atoms with Crippen molar-refractivity contribution in [1.82, 2.24) is 0 Å². The number of nitrogens with zero attached hydrogens (tertiary/aromatic N) is 1. The average molecular weight is 281 g/mol. The van der Waals surface area contributed by atoms with Crippen molar-refractivity contribution in [3.05, 3.63) is 52.1 Å². The highest BCUT2D eigenvalue weighted by Crippen LogP contribution is 2.10. The molecule has 0 aliphatic carbocycles. The van der Waals surface area contributed by atoms with Crippen molar-refractivity contribution in [2.24, 2.45) is 0 Å². The van der Waals surface area contributed by atoms with Gasteiger partial charge in [0.1, 0.15) is 0 Å². The second-order valence-electron chi connectivity index (χ2n) is 4.54. The average Bonchev–Trinajstić information content (AvgIpc) is 2.49. The third-order valence-corrected chi connectivity index (χ3v) is 2.80. The standard InChI is InChI=1S/C18H19NO2/c1-2-3-4-5-6-7-8-9-10-11-12-17-13-15-18(16-14-17)19(20)21/h9-10,13-16H,2-6H2,1H3. The summed E-state index contributed by atoms with van der Waals surface area (Å²) in [4.78, 5) is 10.1. The second-order valence-corrected chi connectivity index (χ2v) is 4.54. The molecule has 0 unspecified atom stereocenters. The maximum absolute atomic E-state index is 10.5. The monoisotopic (exact) mass is 281 g/mol. The van der Waals surface area contributed by atoms with Gasteiger partial charge in [0.2, 0.25) is 0 Å². The number of hydrogen-bond donors (Lipinski definition) is 0. The van der Waals surface area contributed by atoms with Crippen LogP contribution in [-0.4, -0.2) is 4.92 Å². The minimum absolute atomic E-state index is 0.0741. The van der Waals surface area contributed by atoms with E-state index in [1.54, 1.807) is 24.3 Å². The molecule has 0 atom stereocenters. The molecule has 0 saturated heterocycles. The van der Waals surface area contributed by atoms with Crippen LogP contribution in [0.3, 0.4) is 0 Å². The smallest absolute Gasteiger partial charge is 0.258 e. The molecular formula is C18H19NO2. The SMILES string of the molecule is CCCCCCC#CC=CC#Cc1ccc([N+](=O)[O-])cc1. The Morgan fingerprint density at radius 2 is 1.81 bits per heavy atom. The van der Waals surface area contributed by atoms with Crippen LogP contribution < -0.4 is 0 Å². The van der Waals surface area contributed by atoms with E-state index in [1.165, 1.54) is 31.4 Å². The highest BCUT2D eigenvalue weighted by atomic mass is 16.6. The van der Waals surface area contributed by atoms with Crippen molar-refractivity contribution in [3.63, 3.8) is 0 Å². The molecule has 108 valence electrons. The number of benzene rings is 1. The number of nitro groups is 1. The second kappa shape index (κ2) is 10.3. The lowest BCUT2D eigenvalue weighted by atomic mass is 10.2. The van der Waals surface area contributed by atoms with Crippen LogP contribution >= 0.6 is 0 Å². The molecule has 1 rings (SSSR count). The molecule has 1 aromatic carbocycles. The van der Waals surface area contributed by atoms with Gasteiger partial charge in [0.15, 0.2) is 0 Å². The van der Waals surface area contributed by atoms with Gasteiger partial charge in [-0.2, -0.15) is 0 Å². The molecule has 0 amide bonds. The van der Waals surface area contributed by atoms with E-state index in [1.807, 2.05) is 0 Å². The van der Waals surface area contributed by atoms with Crippen LogP contribution in [0.4, 0.5) is 5.69 Å². The third kappa shape index (κ3) is 7.60. The Bertz CT molecular complexity index is 592. The van der Waals surface area contributed by atoms with Crippen molar-refractivity contribution in [3.8, 4) is 23.7 Å². The van der Waals surface area contributed by atoms with Gasteiger partial charge >= 0.3 is 0 Å². The van der Waals surface area contributed by atoms with Crippen LogP contribution in [-0.2, 0) is 0 Å².